The number of nitrogens with zero attached hydrogens (tertiary/aromatic N) is 8. The number of hydrogen-bond donors (Lipinski definition) is 3. The van der Waals surface area contributed by atoms with E-state index in [0.717, 1.165) is 48.2 Å². The van der Waals surface area contributed by atoms with E-state index in [2.05, 4.69) is 10.3 Å². The predicted octanol–water partition coefficient (Wildman–Crippen LogP) is 2.89. The van der Waals surface area contributed by atoms with Gasteiger partial charge in [-0.2, -0.15) is 5.26 Å². The quantitative estimate of drug-likeness (QED) is 0.244. The van der Waals surface area contributed by atoms with Gasteiger partial charge in [-0.25, -0.2) is 19.7 Å². The Morgan fingerprint density at radius 1 is 1.05 bits per heavy atom. The summed E-state index contributed by atoms with van der Waals surface area (Å²) in [6, 6.07) is 11.5. The number of urea groups is 1. The summed E-state index contributed by atoms with van der Waals surface area (Å²) in [4.78, 5) is 35.5. The van der Waals surface area contributed by atoms with Gasteiger partial charge in [-0.15, -0.1) is 0 Å². The van der Waals surface area contributed by atoms with Gasteiger partial charge < -0.3 is 26.0 Å². The summed E-state index contributed by atoms with van der Waals surface area (Å²) in [6.45, 7) is 1.78. The number of amides is 2. The van der Waals surface area contributed by atoms with E-state index in [-0.39, 0.29) is 18.6 Å². The SMILES string of the molecule is N#CNC1CCN(C(=O)N2CCC(O)(c3ccc(-n4c(-c5cccnc5N)nc5ccc(C6CC6)nc54)cn3)C2)CC1. The Balaban J connectivity index is 1.16. The van der Waals surface area contributed by atoms with E-state index in [0.29, 0.717) is 54.9 Å². The second-order valence-electron chi connectivity index (χ2n) is 11.5. The molecule has 1 atom stereocenters. The van der Waals surface area contributed by atoms with Crippen LogP contribution in [0.4, 0.5) is 10.6 Å². The van der Waals surface area contributed by atoms with E-state index >= 15 is 0 Å². The molecule has 4 aromatic heterocycles. The van der Waals surface area contributed by atoms with E-state index < -0.39 is 5.60 Å². The maximum Gasteiger partial charge on any atom is 0.320 e. The molecule has 0 bridgehead atoms. The standard InChI is InChI=1S/C30H32N10O2/c31-18-35-20-9-13-38(14-10-20)29(41)39-15-11-30(42,17-39)25-8-5-21(16-34-25)40-27(22-2-1-12-33-26(22)32)37-24-7-6-23(19-3-4-19)36-28(24)40/h1-2,5-8,12,16,19-20,35,42H,3-4,9-11,13-15,17H2,(H2,32,33). The lowest BCUT2D eigenvalue weighted by molar-refractivity contribution is 0.0422. The molecule has 2 aliphatic heterocycles. The minimum Gasteiger partial charge on any atom is -0.383 e. The Kier molecular flexibility index (Phi) is 6.39. The number of rotatable bonds is 5. The van der Waals surface area contributed by atoms with Gasteiger partial charge in [-0.3, -0.25) is 9.55 Å². The van der Waals surface area contributed by atoms with Gasteiger partial charge in [-0.1, -0.05) is 0 Å². The highest BCUT2D eigenvalue weighted by Crippen LogP contribution is 2.40. The number of pyridine rings is 3. The third-order valence-corrected chi connectivity index (χ3v) is 8.64. The molecule has 1 aliphatic carbocycles. The molecule has 4 N–H and O–H groups in total. The van der Waals surface area contributed by atoms with Crippen molar-refractivity contribution < 1.29 is 9.90 Å². The molecule has 1 saturated carbocycles. The molecule has 1 unspecified atom stereocenters. The fourth-order valence-electron chi connectivity index (χ4n) is 6.08. The molecule has 4 aromatic rings. The van der Waals surface area contributed by atoms with E-state index in [4.69, 9.17) is 25.9 Å². The number of nitriles is 1. The smallest absolute Gasteiger partial charge is 0.320 e. The topological polar surface area (TPSA) is 162 Å². The number of nitrogen functional groups attached to an aromatic ring is 1. The Labute approximate surface area is 242 Å². The molecular formula is C30H32N10O2. The fraction of sp³-hybridized carbons (Fsp3) is 0.400. The van der Waals surface area contributed by atoms with Gasteiger partial charge in [0.05, 0.1) is 29.7 Å². The number of aromatic nitrogens is 5. The Morgan fingerprint density at radius 2 is 1.88 bits per heavy atom. The number of carbonyl (C=O) groups excluding carboxylic acids is 1. The fourth-order valence-corrected chi connectivity index (χ4v) is 6.08. The zero-order valence-corrected chi connectivity index (χ0v) is 23.1. The van der Waals surface area contributed by atoms with Gasteiger partial charge in [0, 0.05) is 49.9 Å². The molecule has 42 heavy (non-hydrogen) atoms. The molecular weight excluding hydrogens is 532 g/mol. The Bertz CT molecular complexity index is 1680. The molecule has 6 heterocycles. The van der Waals surface area contributed by atoms with Crippen molar-refractivity contribution in [3.05, 3.63) is 60.2 Å². The van der Waals surface area contributed by atoms with Gasteiger partial charge in [0.1, 0.15) is 16.9 Å². The first kappa shape index (κ1) is 26.2. The largest absolute Gasteiger partial charge is 0.383 e. The molecule has 0 radical (unpaired) electrons. The molecule has 0 spiro atoms. The van der Waals surface area contributed by atoms with Gasteiger partial charge in [0.2, 0.25) is 0 Å². The van der Waals surface area contributed by atoms with E-state index in [9.17, 15) is 9.90 Å². The molecule has 214 valence electrons. The van der Waals surface area contributed by atoms with Crippen LogP contribution in [0.1, 0.15) is 49.4 Å². The zero-order valence-electron chi connectivity index (χ0n) is 23.1. The number of carbonyl (C=O) groups is 1. The van der Waals surface area contributed by atoms with Crippen molar-refractivity contribution in [1.29, 1.82) is 5.26 Å². The summed E-state index contributed by atoms with van der Waals surface area (Å²) in [5.41, 5.74) is 9.48. The Morgan fingerprint density at radius 3 is 2.60 bits per heavy atom. The molecule has 3 aliphatic rings. The number of fused-ring (bicyclic) bond motifs is 1. The minimum atomic E-state index is -1.25. The lowest BCUT2D eigenvalue weighted by Gasteiger charge is -2.34. The number of imidazole rings is 1. The molecule has 3 fully saturated rings. The summed E-state index contributed by atoms with van der Waals surface area (Å²) >= 11 is 0. The number of aliphatic hydroxyl groups is 1. The first-order valence-electron chi connectivity index (χ1n) is 14.4. The van der Waals surface area contributed by atoms with Crippen LogP contribution in [-0.4, -0.2) is 77.7 Å². The molecule has 0 aromatic carbocycles. The molecule has 2 saturated heterocycles. The summed E-state index contributed by atoms with van der Waals surface area (Å²) in [7, 11) is 0. The summed E-state index contributed by atoms with van der Waals surface area (Å²) in [5.74, 6) is 1.47. The van der Waals surface area contributed by atoms with Gasteiger partial charge in [0.15, 0.2) is 17.7 Å². The highest BCUT2D eigenvalue weighted by atomic mass is 16.3. The highest BCUT2D eigenvalue weighted by molar-refractivity contribution is 5.83. The van der Waals surface area contributed by atoms with Crippen LogP contribution >= 0.6 is 0 Å². The first-order chi connectivity index (χ1) is 20.4. The summed E-state index contributed by atoms with van der Waals surface area (Å²) in [6.07, 6.45) is 9.49. The van der Waals surface area contributed by atoms with Crippen molar-refractivity contribution in [3.63, 3.8) is 0 Å². The number of hydrogen-bond acceptors (Lipinski definition) is 9. The van der Waals surface area contributed by atoms with Gasteiger partial charge >= 0.3 is 6.03 Å². The van der Waals surface area contributed by atoms with Crippen molar-refractivity contribution in [1.82, 2.24) is 39.6 Å². The maximum atomic E-state index is 13.2. The average Bonchev–Trinajstić information content (AvgIpc) is 3.69. The van der Waals surface area contributed by atoms with Crippen LogP contribution in [0.2, 0.25) is 0 Å². The van der Waals surface area contributed by atoms with Gasteiger partial charge in [-0.05, 0) is 62.1 Å². The van der Waals surface area contributed by atoms with Crippen molar-refractivity contribution in [2.45, 2.75) is 49.7 Å². The van der Waals surface area contributed by atoms with E-state index in [1.54, 1.807) is 22.2 Å². The average molecular weight is 565 g/mol. The van der Waals surface area contributed by atoms with E-state index in [1.165, 1.54) is 0 Å². The zero-order chi connectivity index (χ0) is 28.8. The van der Waals surface area contributed by atoms with E-state index in [1.807, 2.05) is 47.2 Å². The third-order valence-electron chi connectivity index (χ3n) is 8.64. The summed E-state index contributed by atoms with van der Waals surface area (Å²) in [5, 5.41) is 23.2. The molecule has 12 heteroatoms. The minimum absolute atomic E-state index is 0.0842. The second-order valence-corrected chi connectivity index (χ2v) is 11.5. The number of piperidine rings is 1. The molecule has 7 rings (SSSR count). The van der Waals surface area contributed by atoms with Crippen LogP contribution < -0.4 is 11.1 Å². The van der Waals surface area contributed by atoms with Crippen molar-refractivity contribution in [2.75, 3.05) is 31.9 Å². The van der Waals surface area contributed by atoms with Gasteiger partial charge in [0.25, 0.3) is 0 Å². The van der Waals surface area contributed by atoms with Crippen LogP contribution in [-0.2, 0) is 5.60 Å². The number of anilines is 1. The lowest BCUT2D eigenvalue weighted by atomic mass is 9.98. The van der Waals surface area contributed by atoms with Crippen molar-refractivity contribution in [2.24, 2.45) is 0 Å². The van der Waals surface area contributed by atoms with Crippen molar-refractivity contribution >= 4 is 23.0 Å². The predicted molar refractivity (Wildman–Crippen MR) is 155 cm³/mol. The highest BCUT2D eigenvalue weighted by Gasteiger charge is 2.42. The normalized spacial score (nSPS) is 21.0. The number of nitrogens with one attached hydrogen (secondary N) is 1. The lowest BCUT2D eigenvalue weighted by Crippen LogP contribution is -2.49. The maximum absolute atomic E-state index is 13.2. The van der Waals surface area contributed by atoms with Crippen LogP contribution in [0, 0.1) is 11.5 Å². The molecule has 12 nitrogen and oxygen atoms in total. The third kappa shape index (κ3) is 4.65. The summed E-state index contributed by atoms with van der Waals surface area (Å²) < 4.78 is 1.95. The number of likely N-dealkylation sites (tertiary alicyclic amines) is 2. The van der Waals surface area contributed by atoms with Crippen LogP contribution in [0.25, 0.3) is 28.2 Å². The monoisotopic (exact) mass is 564 g/mol. The number of β-amino-alcohol motifs (C(OH)–C–C–N with tert-alkyl or cyclic N) is 1. The Hall–Kier alpha value is -4.76. The first-order valence-corrected chi connectivity index (χ1v) is 14.4. The van der Waals surface area contributed by atoms with Crippen LogP contribution in [0.15, 0.2) is 48.8 Å². The van der Waals surface area contributed by atoms with Crippen LogP contribution in [0.5, 0.6) is 0 Å². The second kappa shape index (κ2) is 10.3. The van der Waals surface area contributed by atoms with Crippen LogP contribution in [0.3, 0.4) is 0 Å². The number of nitrogens with two attached hydrogens (primary N) is 1. The van der Waals surface area contributed by atoms with Crippen molar-refractivity contribution in [3.8, 4) is 23.3 Å². The molecule has 2 amide bonds.